The van der Waals surface area contributed by atoms with Crippen LogP contribution < -0.4 is 10.2 Å². The third-order valence-corrected chi connectivity index (χ3v) is 5.34. The van der Waals surface area contributed by atoms with E-state index in [1.165, 1.54) is 5.69 Å². The Morgan fingerprint density at radius 1 is 0.971 bits per heavy atom. The monoisotopic (exact) mass is 467 g/mol. The Kier molecular flexibility index (Phi) is 7.58. The number of nitrogens with one attached hydrogen (secondary N) is 1. The lowest BCUT2D eigenvalue weighted by molar-refractivity contribution is 0.116. The third-order valence-electron chi connectivity index (χ3n) is 5.34. The molecule has 34 heavy (non-hydrogen) atoms. The highest BCUT2D eigenvalue weighted by atomic mass is 19.3. The van der Waals surface area contributed by atoms with Crippen molar-refractivity contribution in [1.29, 1.82) is 0 Å². The molecule has 0 aliphatic carbocycles. The summed E-state index contributed by atoms with van der Waals surface area (Å²) in [5.74, 6) is -0.612. The molecule has 0 unspecified atom stereocenters. The van der Waals surface area contributed by atoms with Crippen LogP contribution in [0.5, 0.6) is 0 Å². The summed E-state index contributed by atoms with van der Waals surface area (Å²) in [5.41, 5.74) is 4.58. The summed E-state index contributed by atoms with van der Waals surface area (Å²) >= 11 is 0. The molecule has 4 aromatic rings. The van der Waals surface area contributed by atoms with Gasteiger partial charge >= 0.3 is 6.43 Å². The van der Waals surface area contributed by atoms with E-state index in [4.69, 9.17) is 4.42 Å². The van der Waals surface area contributed by atoms with Gasteiger partial charge in [-0.05, 0) is 29.8 Å². The highest BCUT2D eigenvalue weighted by Gasteiger charge is 2.17. The first-order valence-electron chi connectivity index (χ1n) is 11.3. The van der Waals surface area contributed by atoms with Gasteiger partial charge in [0.05, 0.1) is 12.7 Å². The summed E-state index contributed by atoms with van der Waals surface area (Å²) in [5, 5.41) is 19.0. The number of aromatic nitrogens is 5. The summed E-state index contributed by atoms with van der Waals surface area (Å²) in [4.78, 5) is 2.36. The second kappa shape index (κ2) is 11.0. The maximum atomic E-state index is 12.6. The van der Waals surface area contributed by atoms with E-state index in [2.05, 4.69) is 42.9 Å². The van der Waals surface area contributed by atoms with E-state index in [1.54, 1.807) is 16.8 Å². The average molecular weight is 468 g/mol. The Hall–Kier alpha value is -3.66. The zero-order valence-corrected chi connectivity index (χ0v) is 19.2. The fraction of sp³-hybridized carbons (Fsp3) is 0.333. The van der Waals surface area contributed by atoms with Crippen LogP contribution in [0.25, 0.3) is 22.7 Å². The van der Waals surface area contributed by atoms with Crippen molar-refractivity contribution < 1.29 is 13.2 Å². The molecule has 1 fully saturated rings. The van der Waals surface area contributed by atoms with Gasteiger partial charge < -0.3 is 14.6 Å². The van der Waals surface area contributed by atoms with Crippen LogP contribution in [0.2, 0.25) is 0 Å². The van der Waals surface area contributed by atoms with Crippen LogP contribution in [0.4, 0.5) is 14.5 Å². The molecule has 2 aromatic carbocycles. The molecule has 1 aliphatic rings. The zero-order chi connectivity index (χ0) is 23.9. The van der Waals surface area contributed by atoms with Gasteiger partial charge in [0.15, 0.2) is 0 Å². The van der Waals surface area contributed by atoms with Crippen molar-refractivity contribution in [3.8, 4) is 22.7 Å². The molecule has 1 aliphatic heterocycles. The standard InChI is InChI=1S/C22H21F2N7O.C2H6/c23-20(24)22-28-27-21(32-22)16-6-4-15(5-7-16)13-31-14-19(26-29-31)17-2-1-3-18(12-17)30-10-8-25-9-11-30;1-2/h1-7,12,14,20,25H,8-11,13H2;1-2H3. The number of rotatable bonds is 6. The molecule has 0 spiro atoms. The molecular formula is C24H27F2N7O. The van der Waals surface area contributed by atoms with Crippen molar-refractivity contribution >= 4 is 5.69 Å². The summed E-state index contributed by atoms with van der Waals surface area (Å²) in [6.07, 6.45) is -0.868. The van der Waals surface area contributed by atoms with Crippen molar-refractivity contribution in [3.63, 3.8) is 0 Å². The summed E-state index contributed by atoms with van der Waals surface area (Å²) in [6, 6.07) is 15.6. The second-order valence-electron chi connectivity index (χ2n) is 7.53. The maximum absolute atomic E-state index is 12.6. The Balaban J connectivity index is 0.00000133. The van der Waals surface area contributed by atoms with Crippen molar-refractivity contribution in [2.45, 2.75) is 26.8 Å². The number of anilines is 1. The predicted octanol–water partition coefficient (Wildman–Crippen LogP) is 4.42. The van der Waals surface area contributed by atoms with Gasteiger partial charge in [0.25, 0.3) is 5.89 Å². The Morgan fingerprint density at radius 3 is 2.44 bits per heavy atom. The van der Waals surface area contributed by atoms with E-state index in [-0.39, 0.29) is 5.89 Å². The van der Waals surface area contributed by atoms with Gasteiger partial charge in [0, 0.05) is 43.0 Å². The Morgan fingerprint density at radius 2 is 1.74 bits per heavy atom. The molecule has 0 bridgehead atoms. The van der Waals surface area contributed by atoms with E-state index in [9.17, 15) is 8.78 Å². The largest absolute Gasteiger partial charge is 0.415 e. The highest BCUT2D eigenvalue weighted by Crippen LogP contribution is 2.25. The van der Waals surface area contributed by atoms with E-state index >= 15 is 0 Å². The van der Waals surface area contributed by atoms with Crippen LogP contribution in [-0.2, 0) is 6.54 Å². The minimum Gasteiger partial charge on any atom is -0.415 e. The first-order valence-corrected chi connectivity index (χ1v) is 11.3. The smallest absolute Gasteiger partial charge is 0.314 e. The Labute approximate surface area is 196 Å². The number of halogens is 2. The van der Waals surface area contributed by atoms with Gasteiger partial charge in [-0.3, -0.25) is 0 Å². The molecule has 0 saturated carbocycles. The van der Waals surface area contributed by atoms with Crippen LogP contribution in [0.15, 0.2) is 59.1 Å². The quantitative estimate of drug-likeness (QED) is 0.449. The summed E-state index contributed by atoms with van der Waals surface area (Å²) in [7, 11) is 0. The molecule has 5 rings (SSSR count). The average Bonchev–Trinajstić information content (AvgIpc) is 3.57. The second-order valence-corrected chi connectivity index (χ2v) is 7.53. The SMILES string of the molecule is CC.FC(F)c1nnc(-c2ccc(Cn3cc(-c4cccc(N5CCNCC5)c4)nn3)cc2)o1. The minimum absolute atomic E-state index is 0.0688. The first kappa shape index (κ1) is 23.5. The molecule has 178 valence electrons. The summed E-state index contributed by atoms with van der Waals surface area (Å²) < 4.78 is 32.0. The van der Waals surface area contributed by atoms with Gasteiger partial charge in [-0.25, -0.2) is 4.68 Å². The number of hydrogen-bond donors (Lipinski definition) is 1. The van der Waals surface area contributed by atoms with Crippen LogP contribution in [0.1, 0.15) is 31.7 Å². The molecular weight excluding hydrogens is 440 g/mol. The van der Waals surface area contributed by atoms with E-state index in [0.29, 0.717) is 12.1 Å². The first-order chi connectivity index (χ1) is 16.7. The Bertz CT molecular complexity index is 1180. The number of hydrogen-bond acceptors (Lipinski definition) is 7. The fourth-order valence-corrected chi connectivity index (χ4v) is 3.67. The molecule has 10 heteroatoms. The lowest BCUT2D eigenvalue weighted by atomic mass is 10.1. The van der Waals surface area contributed by atoms with Gasteiger partial charge in [-0.1, -0.05) is 43.3 Å². The zero-order valence-electron chi connectivity index (χ0n) is 19.2. The highest BCUT2D eigenvalue weighted by molar-refractivity contribution is 5.65. The van der Waals surface area contributed by atoms with Gasteiger partial charge in [-0.15, -0.1) is 15.3 Å². The fourth-order valence-electron chi connectivity index (χ4n) is 3.67. The van der Waals surface area contributed by atoms with Crippen molar-refractivity contribution in [3.05, 3.63) is 66.2 Å². The molecule has 0 radical (unpaired) electrons. The number of piperazine rings is 1. The molecule has 3 heterocycles. The van der Waals surface area contributed by atoms with E-state index in [0.717, 1.165) is 43.0 Å². The molecule has 1 saturated heterocycles. The molecule has 0 amide bonds. The minimum atomic E-state index is -2.78. The van der Waals surface area contributed by atoms with Crippen molar-refractivity contribution in [2.24, 2.45) is 0 Å². The number of nitrogens with zero attached hydrogens (tertiary/aromatic N) is 6. The van der Waals surface area contributed by atoms with E-state index < -0.39 is 12.3 Å². The van der Waals surface area contributed by atoms with Crippen LogP contribution >= 0.6 is 0 Å². The summed E-state index contributed by atoms with van der Waals surface area (Å²) in [6.45, 7) is 8.47. The van der Waals surface area contributed by atoms with Crippen LogP contribution in [0.3, 0.4) is 0 Å². The van der Waals surface area contributed by atoms with Crippen LogP contribution in [0, 0.1) is 0 Å². The number of alkyl halides is 2. The normalized spacial score (nSPS) is 13.6. The predicted molar refractivity (Wildman–Crippen MR) is 126 cm³/mol. The third kappa shape index (κ3) is 5.45. The lowest BCUT2D eigenvalue weighted by Gasteiger charge is -2.29. The molecule has 2 aromatic heterocycles. The van der Waals surface area contributed by atoms with Crippen LogP contribution in [-0.4, -0.2) is 51.4 Å². The maximum Gasteiger partial charge on any atom is 0.314 e. The van der Waals surface area contributed by atoms with Gasteiger partial charge in [0.1, 0.15) is 5.69 Å². The molecule has 1 N–H and O–H groups in total. The van der Waals surface area contributed by atoms with Gasteiger partial charge in [0.2, 0.25) is 5.89 Å². The van der Waals surface area contributed by atoms with E-state index in [1.807, 2.05) is 44.3 Å². The molecule has 8 nitrogen and oxygen atoms in total. The van der Waals surface area contributed by atoms with Gasteiger partial charge in [-0.2, -0.15) is 8.78 Å². The lowest BCUT2D eigenvalue weighted by Crippen LogP contribution is -2.43. The number of benzene rings is 2. The topological polar surface area (TPSA) is 84.9 Å². The van der Waals surface area contributed by atoms with Crippen molar-refractivity contribution in [1.82, 2.24) is 30.5 Å². The molecule has 0 atom stereocenters. The van der Waals surface area contributed by atoms with Crippen molar-refractivity contribution in [2.75, 3.05) is 31.1 Å².